The minimum absolute atomic E-state index is 0.187. The first-order valence-corrected chi connectivity index (χ1v) is 12.6. The van der Waals surface area contributed by atoms with E-state index in [2.05, 4.69) is 35.7 Å². The number of nitriles is 1. The molecule has 1 amide bonds. The molecule has 10 heteroatoms. The number of carbonyl (C=O) groups excluding carboxylic acids is 1. The first-order chi connectivity index (χ1) is 18.0. The Morgan fingerprint density at radius 3 is 2.49 bits per heavy atom. The number of nitrogens with one attached hydrogen (secondary N) is 1. The third-order valence-electron chi connectivity index (χ3n) is 5.86. The summed E-state index contributed by atoms with van der Waals surface area (Å²) in [6.45, 7) is 6.97. The maximum absolute atomic E-state index is 12.8. The topological polar surface area (TPSA) is 111 Å². The number of rotatable bonds is 6. The molecule has 2 aromatic carbocycles. The van der Waals surface area contributed by atoms with Gasteiger partial charge in [-0.2, -0.15) is 5.26 Å². The van der Waals surface area contributed by atoms with Gasteiger partial charge in [0.1, 0.15) is 11.8 Å². The van der Waals surface area contributed by atoms with Gasteiger partial charge >= 0.3 is 0 Å². The van der Waals surface area contributed by atoms with Crippen LogP contribution in [0.1, 0.15) is 27.4 Å². The highest BCUT2D eigenvalue weighted by Crippen LogP contribution is 2.27. The summed E-state index contributed by atoms with van der Waals surface area (Å²) in [6, 6.07) is 20.7. The molecule has 0 saturated carbocycles. The van der Waals surface area contributed by atoms with Crippen LogP contribution in [0.4, 0.5) is 11.6 Å². The Kier molecular flexibility index (Phi) is 7.16. The van der Waals surface area contributed by atoms with Gasteiger partial charge in [0, 0.05) is 59.6 Å². The van der Waals surface area contributed by atoms with Crippen molar-refractivity contribution in [1.82, 2.24) is 19.4 Å². The average molecular weight is 512 g/mol. The quantitative estimate of drug-likeness (QED) is 0.368. The molecule has 1 N–H and O–H groups in total. The third kappa shape index (κ3) is 5.97. The van der Waals surface area contributed by atoms with Gasteiger partial charge in [-0.1, -0.05) is 17.3 Å². The molecule has 4 aromatic rings. The number of piperazine rings is 1. The summed E-state index contributed by atoms with van der Waals surface area (Å²) < 4.78 is 7.61. The van der Waals surface area contributed by atoms with Gasteiger partial charge in [-0.25, -0.2) is 14.3 Å². The van der Waals surface area contributed by atoms with E-state index in [4.69, 9.17) is 4.52 Å². The van der Waals surface area contributed by atoms with Gasteiger partial charge in [-0.3, -0.25) is 4.79 Å². The molecule has 1 fully saturated rings. The van der Waals surface area contributed by atoms with Gasteiger partial charge < -0.3 is 14.7 Å². The molecular formula is C27H25N7O2S. The van der Waals surface area contributed by atoms with Gasteiger partial charge in [0.2, 0.25) is 5.95 Å². The summed E-state index contributed by atoms with van der Waals surface area (Å²) in [5.74, 6) is 1.06. The summed E-state index contributed by atoms with van der Waals surface area (Å²) in [5.41, 5.74) is 4.05. The summed E-state index contributed by atoms with van der Waals surface area (Å²) in [7, 11) is 0. The van der Waals surface area contributed by atoms with Crippen molar-refractivity contribution in [3.63, 3.8) is 0 Å². The fourth-order valence-corrected chi connectivity index (χ4v) is 4.90. The molecule has 1 aliphatic heterocycles. The Hall–Kier alpha value is -4.20. The van der Waals surface area contributed by atoms with Crippen molar-refractivity contribution in [2.75, 3.05) is 36.4 Å². The van der Waals surface area contributed by atoms with Crippen LogP contribution in [-0.4, -0.2) is 51.5 Å². The molecule has 0 bridgehead atoms. The predicted molar refractivity (Wildman–Crippen MR) is 142 cm³/mol. The molecule has 3 heterocycles. The Balaban J connectivity index is 1.15. The van der Waals surface area contributed by atoms with Crippen molar-refractivity contribution in [2.45, 2.75) is 18.7 Å². The highest BCUT2D eigenvalue weighted by atomic mass is 32.2. The minimum Gasteiger partial charge on any atom is -0.356 e. The Morgan fingerprint density at radius 2 is 1.78 bits per heavy atom. The van der Waals surface area contributed by atoms with Crippen LogP contribution in [0.3, 0.4) is 0 Å². The van der Waals surface area contributed by atoms with Crippen LogP contribution in [0.25, 0.3) is 11.3 Å². The average Bonchev–Trinajstić information content (AvgIpc) is 3.36. The summed E-state index contributed by atoms with van der Waals surface area (Å²) in [4.78, 5) is 24.8. The number of anilines is 2. The first-order valence-electron chi connectivity index (χ1n) is 11.9. The van der Waals surface area contributed by atoms with Gasteiger partial charge in [0.15, 0.2) is 5.76 Å². The van der Waals surface area contributed by atoms with Gasteiger partial charge in [-0.05, 0) is 68.3 Å². The zero-order valence-corrected chi connectivity index (χ0v) is 21.3. The van der Waals surface area contributed by atoms with Crippen LogP contribution in [0.15, 0.2) is 70.1 Å². The SMILES string of the molecule is Cc1cc(-c2cccc(C(=O)Nc3ccc(SN4CCN(c5nc(C)cc(C#N)n5)CC4)cc3)c2)on1. The van der Waals surface area contributed by atoms with E-state index in [1.807, 2.05) is 56.3 Å². The monoisotopic (exact) mass is 511 g/mol. The number of carbonyl (C=O) groups is 1. The van der Waals surface area contributed by atoms with Crippen molar-refractivity contribution in [3.8, 4) is 17.4 Å². The number of aromatic nitrogens is 3. The number of benzene rings is 2. The molecule has 37 heavy (non-hydrogen) atoms. The molecule has 0 atom stereocenters. The number of amides is 1. The zero-order chi connectivity index (χ0) is 25.8. The van der Waals surface area contributed by atoms with E-state index in [0.717, 1.165) is 53.7 Å². The second-order valence-electron chi connectivity index (χ2n) is 8.71. The molecular weight excluding hydrogens is 486 g/mol. The fraction of sp³-hybridized carbons (Fsp3) is 0.222. The molecule has 186 valence electrons. The molecule has 5 rings (SSSR count). The summed E-state index contributed by atoms with van der Waals surface area (Å²) >= 11 is 1.68. The van der Waals surface area contributed by atoms with E-state index in [1.165, 1.54) is 0 Å². The minimum atomic E-state index is -0.187. The number of hydrogen-bond donors (Lipinski definition) is 1. The smallest absolute Gasteiger partial charge is 0.255 e. The third-order valence-corrected chi connectivity index (χ3v) is 6.97. The van der Waals surface area contributed by atoms with Crippen LogP contribution >= 0.6 is 11.9 Å². The van der Waals surface area contributed by atoms with E-state index < -0.39 is 0 Å². The molecule has 2 aromatic heterocycles. The molecule has 0 spiro atoms. The van der Waals surface area contributed by atoms with E-state index in [9.17, 15) is 10.1 Å². The van der Waals surface area contributed by atoms with Crippen LogP contribution in [0, 0.1) is 25.2 Å². The second kappa shape index (κ2) is 10.8. The molecule has 1 aliphatic rings. The highest BCUT2D eigenvalue weighted by Gasteiger charge is 2.20. The van der Waals surface area contributed by atoms with E-state index in [0.29, 0.717) is 23.0 Å². The van der Waals surface area contributed by atoms with Crippen molar-refractivity contribution < 1.29 is 9.32 Å². The van der Waals surface area contributed by atoms with Crippen molar-refractivity contribution in [1.29, 1.82) is 5.26 Å². The Morgan fingerprint density at radius 1 is 1.00 bits per heavy atom. The van der Waals surface area contributed by atoms with Gasteiger partial charge in [0.25, 0.3) is 5.91 Å². The number of nitrogens with zero attached hydrogens (tertiary/aromatic N) is 6. The lowest BCUT2D eigenvalue weighted by atomic mass is 10.1. The number of hydrogen-bond acceptors (Lipinski definition) is 9. The van der Waals surface area contributed by atoms with Crippen molar-refractivity contribution in [3.05, 3.63) is 83.3 Å². The lowest BCUT2D eigenvalue weighted by molar-refractivity contribution is 0.102. The van der Waals surface area contributed by atoms with Crippen LogP contribution < -0.4 is 10.2 Å². The molecule has 0 aliphatic carbocycles. The van der Waals surface area contributed by atoms with E-state index >= 15 is 0 Å². The summed E-state index contributed by atoms with van der Waals surface area (Å²) in [6.07, 6.45) is 0. The van der Waals surface area contributed by atoms with Crippen molar-refractivity contribution in [2.24, 2.45) is 0 Å². The molecule has 1 saturated heterocycles. The van der Waals surface area contributed by atoms with Crippen LogP contribution in [-0.2, 0) is 0 Å². The Labute approximate surface area is 219 Å². The molecule has 0 unspecified atom stereocenters. The standard InChI is InChI=1S/C27H25N7O2S/c1-18-14-23(17-28)31-27(29-18)33-10-12-34(13-11-33)37-24-8-6-22(7-9-24)30-26(35)21-5-3-4-20(16-21)25-15-19(2)32-36-25/h3-9,14-16H,10-13H2,1-2H3,(H,30,35). The molecule has 9 nitrogen and oxygen atoms in total. The van der Waals surface area contributed by atoms with Crippen LogP contribution in [0.5, 0.6) is 0 Å². The fourth-order valence-electron chi connectivity index (χ4n) is 4.00. The predicted octanol–water partition coefficient (Wildman–Crippen LogP) is 4.70. The van der Waals surface area contributed by atoms with Gasteiger partial charge in [-0.15, -0.1) is 0 Å². The lowest BCUT2D eigenvalue weighted by Crippen LogP contribution is -2.44. The maximum atomic E-state index is 12.8. The first kappa shape index (κ1) is 24.5. The van der Waals surface area contributed by atoms with E-state index in [1.54, 1.807) is 30.1 Å². The summed E-state index contributed by atoms with van der Waals surface area (Å²) in [5, 5.41) is 16.0. The van der Waals surface area contributed by atoms with E-state index in [-0.39, 0.29) is 5.91 Å². The molecule has 0 radical (unpaired) electrons. The largest absolute Gasteiger partial charge is 0.356 e. The van der Waals surface area contributed by atoms with Gasteiger partial charge in [0.05, 0.1) is 5.69 Å². The Bertz CT molecular complexity index is 1450. The normalized spacial score (nSPS) is 13.8. The maximum Gasteiger partial charge on any atom is 0.255 e. The highest BCUT2D eigenvalue weighted by molar-refractivity contribution is 7.97. The zero-order valence-electron chi connectivity index (χ0n) is 20.5. The number of aryl methyl sites for hydroxylation is 2. The second-order valence-corrected chi connectivity index (χ2v) is 9.88. The van der Waals surface area contributed by atoms with Crippen molar-refractivity contribution >= 4 is 29.5 Å². The van der Waals surface area contributed by atoms with Crippen LogP contribution in [0.2, 0.25) is 0 Å². The lowest BCUT2D eigenvalue weighted by Gasteiger charge is -2.33.